The van der Waals surface area contributed by atoms with Crippen molar-refractivity contribution in [1.29, 1.82) is 0 Å². The lowest BCUT2D eigenvalue weighted by atomic mass is 9.97. The van der Waals surface area contributed by atoms with Crippen molar-refractivity contribution in [2.45, 2.75) is 18.9 Å². The molecule has 0 aromatic carbocycles. The van der Waals surface area contributed by atoms with Gasteiger partial charge in [-0.15, -0.1) is 0 Å². The zero-order valence-electron chi connectivity index (χ0n) is 8.41. The van der Waals surface area contributed by atoms with Crippen molar-refractivity contribution >= 4 is 5.57 Å². The van der Waals surface area contributed by atoms with Gasteiger partial charge in [0.15, 0.2) is 0 Å². The second-order valence-electron chi connectivity index (χ2n) is 4.27. The van der Waals surface area contributed by atoms with Crippen molar-refractivity contribution in [1.82, 2.24) is 10.3 Å². The molecular formula is C12H13FN2. The number of nitrogens with zero attached hydrogens (tertiary/aromatic N) is 1. The molecule has 1 aliphatic heterocycles. The second-order valence-corrected chi connectivity index (χ2v) is 4.27. The van der Waals surface area contributed by atoms with Crippen LogP contribution in [0.5, 0.6) is 0 Å². The fraction of sp³-hybridized carbons (Fsp3) is 0.417. The van der Waals surface area contributed by atoms with Gasteiger partial charge in [0.1, 0.15) is 5.82 Å². The van der Waals surface area contributed by atoms with Gasteiger partial charge in [-0.05, 0) is 36.9 Å². The smallest absolute Gasteiger partial charge is 0.142 e. The van der Waals surface area contributed by atoms with Crippen LogP contribution in [-0.4, -0.2) is 17.6 Å². The van der Waals surface area contributed by atoms with Crippen LogP contribution < -0.4 is 5.32 Å². The Morgan fingerprint density at radius 1 is 1.40 bits per heavy atom. The predicted octanol–water partition coefficient (Wildman–Crippen LogP) is 1.99. The molecule has 0 spiro atoms. The summed E-state index contributed by atoms with van der Waals surface area (Å²) in [4.78, 5) is 3.90. The molecule has 3 heteroatoms. The minimum atomic E-state index is -0.255. The van der Waals surface area contributed by atoms with E-state index in [-0.39, 0.29) is 5.82 Å². The van der Waals surface area contributed by atoms with Gasteiger partial charge >= 0.3 is 0 Å². The van der Waals surface area contributed by atoms with E-state index in [1.807, 2.05) is 0 Å². The zero-order chi connectivity index (χ0) is 10.3. The summed E-state index contributed by atoms with van der Waals surface area (Å²) in [6, 6.07) is 2.00. The van der Waals surface area contributed by atoms with Crippen LogP contribution in [0.15, 0.2) is 24.5 Å². The van der Waals surface area contributed by atoms with Gasteiger partial charge in [0.25, 0.3) is 0 Å². The molecule has 15 heavy (non-hydrogen) atoms. The molecule has 2 aliphatic rings. The maximum Gasteiger partial charge on any atom is 0.142 e. The predicted molar refractivity (Wildman–Crippen MR) is 56.7 cm³/mol. The van der Waals surface area contributed by atoms with Crippen LogP contribution in [0, 0.1) is 11.7 Å². The lowest BCUT2D eigenvalue weighted by Crippen LogP contribution is -2.24. The largest absolute Gasteiger partial charge is 0.310 e. The van der Waals surface area contributed by atoms with Gasteiger partial charge in [0.2, 0.25) is 0 Å². The van der Waals surface area contributed by atoms with Crippen LogP contribution in [0.3, 0.4) is 0 Å². The summed E-state index contributed by atoms with van der Waals surface area (Å²) < 4.78 is 13.1. The molecule has 2 nitrogen and oxygen atoms in total. The zero-order valence-corrected chi connectivity index (χ0v) is 8.41. The molecule has 0 radical (unpaired) electrons. The van der Waals surface area contributed by atoms with Crippen LogP contribution in [0.2, 0.25) is 0 Å². The number of fused-ring (bicyclic) bond motifs is 1. The van der Waals surface area contributed by atoms with Crippen LogP contribution in [0.25, 0.3) is 5.57 Å². The number of hydrogen-bond donors (Lipinski definition) is 1. The van der Waals surface area contributed by atoms with Crippen molar-refractivity contribution < 1.29 is 4.39 Å². The Morgan fingerprint density at radius 2 is 2.33 bits per heavy atom. The van der Waals surface area contributed by atoms with Crippen LogP contribution in [-0.2, 0) is 0 Å². The molecule has 2 heterocycles. The maximum absolute atomic E-state index is 13.1. The van der Waals surface area contributed by atoms with E-state index in [2.05, 4.69) is 16.4 Å². The van der Waals surface area contributed by atoms with Gasteiger partial charge in [0, 0.05) is 17.8 Å². The van der Waals surface area contributed by atoms with E-state index < -0.39 is 0 Å². The average Bonchev–Trinajstić information content (AvgIpc) is 2.77. The van der Waals surface area contributed by atoms with E-state index in [0.29, 0.717) is 12.0 Å². The number of allylic oxidation sites excluding steroid dienone is 1. The van der Waals surface area contributed by atoms with Crippen molar-refractivity contribution in [3.05, 3.63) is 35.9 Å². The maximum atomic E-state index is 13.1. The average molecular weight is 204 g/mol. The number of nitrogens with one attached hydrogen (secondary N) is 1. The van der Waals surface area contributed by atoms with Crippen molar-refractivity contribution in [3.8, 4) is 0 Å². The van der Waals surface area contributed by atoms with E-state index in [1.165, 1.54) is 18.2 Å². The summed E-state index contributed by atoms with van der Waals surface area (Å²) in [6.45, 7) is 1.08. The van der Waals surface area contributed by atoms with Crippen LogP contribution in [0.4, 0.5) is 4.39 Å². The van der Waals surface area contributed by atoms with E-state index in [0.717, 1.165) is 18.5 Å². The molecule has 78 valence electrons. The molecule has 2 atom stereocenters. The lowest BCUT2D eigenvalue weighted by molar-refractivity contribution is 0.556. The highest BCUT2D eigenvalue weighted by atomic mass is 19.1. The van der Waals surface area contributed by atoms with E-state index in [4.69, 9.17) is 0 Å². The third kappa shape index (κ3) is 1.47. The molecule has 1 saturated heterocycles. The Bertz CT molecular complexity index is 414. The number of rotatable bonds is 1. The summed E-state index contributed by atoms with van der Waals surface area (Å²) in [5, 5.41) is 3.47. The van der Waals surface area contributed by atoms with E-state index in [1.54, 1.807) is 12.3 Å². The van der Waals surface area contributed by atoms with E-state index >= 15 is 0 Å². The van der Waals surface area contributed by atoms with Gasteiger partial charge in [-0.3, -0.25) is 4.98 Å². The Hall–Kier alpha value is -1.22. The normalized spacial score (nSPS) is 29.0. The van der Waals surface area contributed by atoms with Gasteiger partial charge in [0.05, 0.1) is 6.20 Å². The number of hydrogen-bond acceptors (Lipinski definition) is 2. The summed E-state index contributed by atoms with van der Waals surface area (Å²) in [6.07, 6.45) is 7.56. The Morgan fingerprint density at radius 3 is 3.20 bits per heavy atom. The van der Waals surface area contributed by atoms with Crippen LogP contribution >= 0.6 is 0 Å². The van der Waals surface area contributed by atoms with Crippen molar-refractivity contribution in [3.63, 3.8) is 0 Å². The molecule has 1 aromatic heterocycles. The monoisotopic (exact) mass is 204 g/mol. The lowest BCUT2D eigenvalue weighted by Gasteiger charge is -2.14. The standard InChI is InChI=1S/C12H13FN2/c13-10-5-9(6-14-7-10)11-2-1-8-3-4-15-12(8)11/h2,5-8,12,15H,1,3-4H2. The molecule has 1 fully saturated rings. The van der Waals surface area contributed by atoms with Gasteiger partial charge in [-0.2, -0.15) is 0 Å². The molecule has 0 bridgehead atoms. The van der Waals surface area contributed by atoms with Gasteiger partial charge < -0.3 is 5.32 Å². The van der Waals surface area contributed by atoms with Crippen molar-refractivity contribution in [2.24, 2.45) is 5.92 Å². The number of halogens is 1. The minimum absolute atomic E-state index is 0.255. The highest BCUT2D eigenvalue weighted by molar-refractivity contribution is 5.71. The minimum Gasteiger partial charge on any atom is -0.310 e. The number of pyridine rings is 1. The SMILES string of the molecule is Fc1cncc(C2=CCC3CCNC23)c1. The Labute approximate surface area is 88.2 Å². The van der Waals surface area contributed by atoms with Crippen LogP contribution in [0.1, 0.15) is 18.4 Å². The third-order valence-corrected chi connectivity index (χ3v) is 3.36. The molecule has 0 amide bonds. The Kier molecular flexibility index (Phi) is 2.06. The topological polar surface area (TPSA) is 24.9 Å². The first kappa shape index (κ1) is 9.04. The van der Waals surface area contributed by atoms with E-state index in [9.17, 15) is 4.39 Å². The molecule has 0 saturated carbocycles. The quantitative estimate of drug-likeness (QED) is 0.756. The first-order chi connectivity index (χ1) is 7.34. The highest BCUT2D eigenvalue weighted by Gasteiger charge is 2.33. The fourth-order valence-corrected chi connectivity index (χ4v) is 2.65. The first-order valence-corrected chi connectivity index (χ1v) is 5.39. The Balaban J connectivity index is 1.94. The van der Waals surface area contributed by atoms with Gasteiger partial charge in [-0.1, -0.05) is 6.08 Å². The summed E-state index contributed by atoms with van der Waals surface area (Å²) in [5.41, 5.74) is 2.15. The molecule has 3 rings (SSSR count). The molecule has 1 aliphatic carbocycles. The number of aromatic nitrogens is 1. The third-order valence-electron chi connectivity index (χ3n) is 3.36. The summed E-state index contributed by atoms with van der Waals surface area (Å²) in [5.74, 6) is 0.457. The molecule has 1 aromatic rings. The fourth-order valence-electron chi connectivity index (χ4n) is 2.65. The summed E-state index contributed by atoms with van der Waals surface area (Å²) in [7, 11) is 0. The molecule has 2 unspecified atom stereocenters. The summed E-state index contributed by atoms with van der Waals surface area (Å²) >= 11 is 0. The molecule has 1 N–H and O–H groups in total. The first-order valence-electron chi connectivity index (χ1n) is 5.39. The second kappa shape index (κ2) is 3.42. The molecular weight excluding hydrogens is 191 g/mol. The van der Waals surface area contributed by atoms with Gasteiger partial charge in [-0.25, -0.2) is 4.39 Å². The highest BCUT2D eigenvalue weighted by Crippen LogP contribution is 2.37. The van der Waals surface area contributed by atoms with Crippen molar-refractivity contribution in [2.75, 3.05) is 6.54 Å².